The third kappa shape index (κ3) is 3.01. The van der Waals surface area contributed by atoms with Crippen LogP contribution in [0.15, 0.2) is 48.5 Å². The van der Waals surface area contributed by atoms with Gasteiger partial charge in [-0.15, -0.1) is 10.2 Å². The molecule has 0 radical (unpaired) electrons. The van der Waals surface area contributed by atoms with Gasteiger partial charge in [-0.05, 0) is 23.8 Å². The van der Waals surface area contributed by atoms with Gasteiger partial charge in [-0.25, -0.2) is 0 Å². The first-order valence-corrected chi connectivity index (χ1v) is 8.68. The van der Waals surface area contributed by atoms with Crippen LogP contribution in [0, 0.1) is 0 Å². The largest absolute Gasteiger partial charge is 0.504 e. The molecule has 0 saturated heterocycles. The number of aromatic hydroxyl groups is 1. The van der Waals surface area contributed by atoms with E-state index in [0.29, 0.717) is 24.5 Å². The van der Waals surface area contributed by atoms with Crippen LogP contribution < -0.4 is 4.74 Å². The molecule has 7 nitrogen and oxygen atoms in total. The standard InChI is InChI=1S/C20H20N4O3/c1-23-12-18-21-22-19(14-8-9-16(25)17(11-14)27-2)24(18)15(20(23)26)10-13-6-4-3-5-7-13/h3-9,11,15,25H,10,12H2,1-2H3/t15-/m0/s1. The predicted molar refractivity (Wildman–Crippen MR) is 99.3 cm³/mol. The van der Waals surface area contributed by atoms with E-state index in [1.807, 2.05) is 34.9 Å². The van der Waals surface area contributed by atoms with Gasteiger partial charge in [0.1, 0.15) is 6.04 Å². The molecule has 2 heterocycles. The topological polar surface area (TPSA) is 80.5 Å². The van der Waals surface area contributed by atoms with E-state index in [4.69, 9.17) is 4.74 Å². The number of benzene rings is 2. The van der Waals surface area contributed by atoms with Gasteiger partial charge in [0.15, 0.2) is 23.1 Å². The molecular formula is C20H20N4O3. The fourth-order valence-corrected chi connectivity index (χ4v) is 3.44. The van der Waals surface area contributed by atoms with E-state index < -0.39 is 6.04 Å². The molecular weight excluding hydrogens is 344 g/mol. The zero-order valence-corrected chi connectivity index (χ0v) is 15.2. The minimum Gasteiger partial charge on any atom is -0.504 e. The number of rotatable bonds is 4. The number of aromatic nitrogens is 3. The molecule has 0 unspecified atom stereocenters. The summed E-state index contributed by atoms with van der Waals surface area (Å²) in [5.74, 6) is 1.75. The van der Waals surface area contributed by atoms with E-state index in [-0.39, 0.29) is 11.7 Å². The molecule has 2 aromatic carbocycles. The Morgan fingerprint density at radius 1 is 1.19 bits per heavy atom. The number of fused-ring (bicyclic) bond motifs is 1. The summed E-state index contributed by atoms with van der Waals surface area (Å²) >= 11 is 0. The third-order valence-electron chi connectivity index (χ3n) is 4.83. The van der Waals surface area contributed by atoms with Crippen LogP contribution in [-0.2, 0) is 17.8 Å². The van der Waals surface area contributed by atoms with Gasteiger partial charge in [-0.1, -0.05) is 30.3 Å². The smallest absolute Gasteiger partial charge is 0.246 e. The number of phenols is 1. The molecule has 7 heteroatoms. The van der Waals surface area contributed by atoms with Crippen LogP contribution in [0.4, 0.5) is 0 Å². The fourth-order valence-electron chi connectivity index (χ4n) is 3.44. The van der Waals surface area contributed by atoms with Crippen molar-refractivity contribution in [2.45, 2.75) is 19.0 Å². The lowest BCUT2D eigenvalue weighted by molar-refractivity contribution is -0.135. The second-order valence-electron chi connectivity index (χ2n) is 6.60. The first-order chi connectivity index (χ1) is 13.1. The maximum Gasteiger partial charge on any atom is 0.246 e. The Kier molecular flexibility index (Phi) is 4.27. The second kappa shape index (κ2) is 6.75. The van der Waals surface area contributed by atoms with Crippen molar-refractivity contribution in [3.63, 3.8) is 0 Å². The molecule has 138 valence electrons. The summed E-state index contributed by atoms with van der Waals surface area (Å²) in [6.07, 6.45) is 0.553. The van der Waals surface area contributed by atoms with Crippen molar-refractivity contribution in [3.05, 3.63) is 59.9 Å². The monoisotopic (exact) mass is 364 g/mol. The van der Waals surface area contributed by atoms with Gasteiger partial charge >= 0.3 is 0 Å². The molecule has 0 spiro atoms. The van der Waals surface area contributed by atoms with Crippen molar-refractivity contribution in [1.29, 1.82) is 0 Å². The van der Waals surface area contributed by atoms with Crippen LogP contribution in [0.3, 0.4) is 0 Å². The summed E-state index contributed by atoms with van der Waals surface area (Å²) in [4.78, 5) is 14.6. The van der Waals surface area contributed by atoms with Crippen molar-refractivity contribution < 1.29 is 14.6 Å². The third-order valence-corrected chi connectivity index (χ3v) is 4.83. The van der Waals surface area contributed by atoms with Gasteiger partial charge in [-0.2, -0.15) is 0 Å². The summed E-state index contributed by atoms with van der Waals surface area (Å²) in [6, 6.07) is 14.5. The molecule has 27 heavy (non-hydrogen) atoms. The molecule has 4 rings (SSSR count). The number of ether oxygens (including phenoxy) is 1. The van der Waals surface area contributed by atoms with Gasteiger partial charge in [0, 0.05) is 19.0 Å². The number of likely N-dealkylation sites (N-methyl/N-ethyl adjacent to an activating group) is 1. The minimum atomic E-state index is -0.425. The van der Waals surface area contributed by atoms with E-state index in [2.05, 4.69) is 10.2 Å². The Balaban J connectivity index is 1.81. The van der Waals surface area contributed by atoms with Crippen molar-refractivity contribution in [1.82, 2.24) is 19.7 Å². The number of methoxy groups -OCH3 is 1. The van der Waals surface area contributed by atoms with Crippen LogP contribution in [0.1, 0.15) is 17.4 Å². The first kappa shape index (κ1) is 17.1. The number of carbonyl (C=O) groups is 1. The molecule has 0 saturated carbocycles. The van der Waals surface area contributed by atoms with Crippen LogP contribution in [0.5, 0.6) is 11.5 Å². The van der Waals surface area contributed by atoms with Gasteiger partial charge in [0.05, 0.1) is 13.7 Å². The van der Waals surface area contributed by atoms with Gasteiger partial charge in [-0.3, -0.25) is 9.36 Å². The summed E-state index contributed by atoms with van der Waals surface area (Å²) in [7, 11) is 3.27. The molecule has 1 aliphatic heterocycles. The predicted octanol–water partition coefficient (Wildman–Crippen LogP) is 2.42. The first-order valence-electron chi connectivity index (χ1n) is 8.68. The minimum absolute atomic E-state index is 0.0261. The Morgan fingerprint density at radius 3 is 2.70 bits per heavy atom. The number of nitrogens with zero attached hydrogens (tertiary/aromatic N) is 4. The highest BCUT2D eigenvalue weighted by atomic mass is 16.5. The summed E-state index contributed by atoms with van der Waals surface area (Å²) in [6.45, 7) is 0.409. The molecule has 0 aliphatic carbocycles. The van der Waals surface area contributed by atoms with Gasteiger partial charge in [0.25, 0.3) is 0 Å². The van der Waals surface area contributed by atoms with Crippen LogP contribution >= 0.6 is 0 Å². The van der Waals surface area contributed by atoms with Crippen LogP contribution in [0.25, 0.3) is 11.4 Å². The van der Waals surface area contributed by atoms with Gasteiger partial charge < -0.3 is 14.7 Å². The molecule has 1 aromatic heterocycles. The quantitative estimate of drug-likeness (QED) is 0.769. The zero-order valence-electron chi connectivity index (χ0n) is 15.2. The lowest BCUT2D eigenvalue weighted by Crippen LogP contribution is -2.41. The lowest BCUT2D eigenvalue weighted by Gasteiger charge is -2.31. The van der Waals surface area contributed by atoms with Crippen LogP contribution in [0.2, 0.25) is 0 Å². The zero-order chi connectivity index (χ0) is 19.0. The Morgan fingerprint density at radius 2 is 1.96 bits per heavy atom. The van der Waals surface area contributed by atoms with E-state index >= 15 is 0 Å². The normalized spacial score (nSPS) is 16.3. The Bertz CT molecular complexity index is 984. The van der Waals surface area contributed by atoms with Crippen molar-refractivity contribution >= 4 is 5.91 Å². The maximum absolute atomic E-state index is 12.9. The number of carbonyl (C=O) groups excluding carboxylic acids is 1. The van der Waals surface area contributed by atoms with E-state index in [0.717, 1.165) is 17.0 Å². The number of hydrogen-bond donors (Lipinski definition) is 1. The lowest BCUT2D eigenvalue weighted by atomic mass is 10.0. The Labute approximate surface area is 156 Å². The SMILES string of the molecule is COc1cc(-c2nnc3n2[C@@H](Cc2ccccc2)C(=O)N(C)C3)ccc1O. The van der Waals surface area contributed by atoms with Crippen LogP contribution in [-0.4, -0.2) is 44.8 Å². The van der Waals surface area contributed by atoms with E-state index in [9.17, 15) is 9.90 Å². The highest BCUT2D eigenvalue weighted by molar-refractivity contribution is 5.82. The average Bonchev–Trinajstić information content (AvgIpc) is 3.10. The summed E-state index contributed by atoms with van der Waals surface area (Å²) < 4.78 is 7.11. The molecule has 3 aromatic rings. The molecule has 1 aliphatic rings. The number of hydrogen-bond acceptors (Lipinski definition) is 5. The molecule has 1 N–H and O–H groups in total. The van der Waals surface area contributed by atoms with Crippen molar-refractivity contribution in [3.8, 4) is 22.9 Å². The summed E-state index contributed by atoms with van der Waals surface area (Å²) in [5.41, 5.74) is 1.80. The highest BCUT2D eigenvalue weighted by Gasteiger charge is 2.34. The number of amides is 1. The molecule has 1 atom stereocenters. The maximum atomic E-state index is 12.9. The number of phenolic OH excluding ortho intramolecular Hbond substituents is 1. The molecule has 1 amide bonds. The van der Waals surface area contributed by atoms with Crippen molar-refractivity contribution in [2.24, 2.45) is 0 Å². The second-order valence-corrected chi connectivity index (χ2v) is 6.60. The molecule has 0 fully saturated rings. The van der Waals surface area contributed by atoms with E-state index in [1.165, 1.54) is 7.11 Å². The van der Waals surface area contributed by atoms with E-state index in [1.54, 1.807) is 30.1 Å². The van der Waals surface area contributed by atoms with Crippen molar-refractivity contribution in [2.75, 3.05) is 14.2 Å². The average molecular weight is 364 g/mol. The van der Waals surface area contributed by atoms with Gasteiger partial charge in [0.2, 0.25) is 5.91 Å². The molecule has 0 bridgehead atoms. The Hall–Kier alpha value is -3.35. The fraction of sp³-hybridized carbons (Fsp3) is 0.250. The highest BCUT2D eigenvalue weighted by Crippen LogP contribution is 2.34. The summed E-state index contributed by atoms with van der Waals surface area (Å²) in [5, 5.41) is 18.5.